The molecule has 1 fully saturated rings. The summed E-state index contributed by atoms with van der Waals surface area (Å²) in [6, 6.07) is 0.0914. The summed E-state index contributed by atoms with van der Waals surface area (Å²) in [5, 5.41) is 18.6. The number of aliphatic carboxylic acids is 1. The van der Waals surface area contributed by atoms with E-state index < -0.39 is 12.1 Å². The lowest BCUT2D eigenvalue weighted by atomic mass is 9.99. The molecule has 25 heavy (non-hydrogen) atoms. The van der Waals surface area contributed by atoms with Crippen LogP contribution >= 0.6 is 11.8 Å². The van der Waals surface area contributed by atoms with Gasteiger partial charge < -0.3 is 15.1 Å². The molecule has 0 aliphatic carbocycles. The predicted octanol–water partition coefficient (Wildman–Crippen LogP) is 3.46. The third kappa shape index (κ3) is 9.90. The van der Waals surface area contributed by atoms with Gasteiger partial charge in [-0.2, -0.15) is 11.8 Å². The fourth-order valence-electron chi connectivity index (χ4n) is 3.04. The van der Waals surface area contributed by atoms with Crippen molar-refractivity contribution in [3.63, 3.8) is 0 Å². The Kier molecular flexibility index (Phi) is 11.7. The molecule has 1 amide bonds. The molecule has 2 N–H and O–H groups in total. The normalized spacial score (nSPS) is 19.5. The van der Waals surface area contributed by atoms with Crippen LogP contribution in [0.4, 0.5) is 0 Å². The molecule has 0 saturated carbocycles. The smallest absolute Gasteiger partial charge is 0.313 e. The van der Waals surface area contributed by atoms with Crippen molar-refractivity contribution in [1.82, 2.24) is 4.90 Å². The highest BCUT2D eigenvalue weighted by Crippen LogP contribution is 2.21. The maximum atomic E-state index is 12.2. The van der Waals surface area contributed by atoms with Crippen LogP contribution < -0.4 is 0 Å². The standard InChI is InChI=1S/C19H33NO4S/c1-2-3-4-9-17(21)12-11-16-8-7-10-18(22)20(16)13-5-6-14-25-15-19(23)24/h11-12,16-17,21H,2-10,13-15H2,1H3,(H,23,24)/b12-11+/t16-,17?/m1/s1. The number of carbonyl (C=O) groups excluding carboxylic acids is 1. The number of rotatable bonds is 13. The van der Waals surface area contributed by atoms with E-state index in [-0.39, 0.29) is 17.7 Å². The van der Waals surface area contributed by atoms with Crippen LogP contribution in [0.3, 0.4) is 0 Å². The Balaban J connectivity index is 2.36. The van der Waals surface area contributed by atoms with Gasteiger partial charge in [0.25, 0.3) is 0 Å². The van der Waals surface area contributed by atoms with Gasteiger partial charge in [0.1, 0.15) is 0 Å². The average molecular weight is 372 g/mol. The van der Waals surface area contributed by atoms with Gasteiger partial charge >= 0.3 is 5.97 Å². The first-order chi connectivity index (χ1) is 12.0. The van der Waals surface area contributed by atoms with Crippen molar-refractivity contribution < 1.29 is 19.8 Å². The van der Waals surface area contributed by atoms with Crippen LogP contribution in [0, 0.1) is 0 Å². The highest BCUT2D eigenvalue weighted by Gasteiger charge is 2.25. The minimum atomic E-state index is -0.779. The van der Waals surface area contributed by atoms with Crippen molar-refractivity contribution in [2.45, 2.75) is 76.9 Å². The first-order valence-corrected chi connectivity index (χ1v) is 10.7. The summed E-state index contributed by atoms with van der Waals surface area (Å²) in [4.78, 5) is 24.6. The van der Waals surface area contributed by atoms with Gasteiger partial charge in [0.05, 0.1) is 17.9 Å². The number of hydrogen-bond acceptors (Lipinski definition) is 4. The van der Waals surface area contributed by atoms with Crippen molar-refractivity contribution in [3.8, 4) is 0 Å². The summed E-state index contributed by atoms with van der Waals surface area (Å²) in [6.07, 6.45) is 11.8. The van der Waals surface area contributed by atoms with Gasteiger partial charge in [-0.3, -0.25) is 9.59 Å². The third-order valence-electron chi connectivity index (χ3n) is 4.43. The number of carbonyl (C=O) groups is 2. The first kappa shape index (κ1) is 22.0. The Morgan fingerprint density at radius 2 is 2.16 bits per heavy atom. The molecule has 1 heterocycles. The number of nitrogens with zero attached hydrogens (tertiary/aromatic N) is 1. The van der Waals surface area contributed by atoms with Crippen molar-refractivity contribution in [1.29, 1.82) is 0 Å². The number of hydrogen-bond donors (Lipinski definition) is 2. The molecule has 6 heteroatoms. The molecule has 2 atom stereocenters. The molecule has 1 aliphatic heterocycles. The second-order valence-electron chi connectivity index (χ2n) is 6.65. The molecule has 0 aromatic rings. The van der Waals surface area contributed by atoms with Crippen LogP contribution in [0.1, 0.15) is 64.7 Å². The number of thioether (sulfide) groups is 1. The minimum absolute atomic E-state index is 0.0914. The molecule has 144 valence electrons. The number of aliphatic hydroxyl groups is 1. The van der Waals surface area contributed by atoms with E-state index in [1.54, 1.807) is 0 Å². The van der Waals surface area contributed by atoms with Crippen molar-refractivity contribution in [2.75, 3.05) is 18.1 Å². The Morgan fingerprint density at radius 3 is 2.88 bits per heavy atom. The molecule has 1 rings (SSSR count). The summed E-state index contributed by atoms with van der Waals surface area (Å²) < 4.78 is 0. The van der Waals surface area contributed by atoms with Crippen LogP contribution in [-0.2, 0) is 9.59 Å². The number of unbranched alkanes of at least 4 members (excludes halogenated alkanes) is 3. The van der Waals surface area contributed by atoms with Gasteiger partial charge in [0.15, 0.2) is 0 Å². The molecule has 1 aliphatic rings. The topological polar surface area (TPSA) is 77.8 Å². The number of amides is 1. The molecular formula is C19H33NO4S. The van der Waals surface area contributed by atoms with E-state index in [1.165, 1.54) is 11.8 Å². The molecule has 0 aromatic heterocycles. The van der Waals surface area contributed by atoms with E-state index in [2.05, 4.69) is 6.92 Å². The van der Waals surface area contributed by atoms with Crippen LogP contribution in [-0.4, -0.2) is 57.2 Å². The van der Waals surface area contributed by atoms with Crippen LogP contribution in [0.25, 0.3) is 0 Å². The SMILES string of the molecule is CCCCCC(O)/C=C/[C@H]1CCCC(=O)N1CCCCSCC(=O)O. The lowest BCUT2D eigenvalue weighted by Gasteiger charge is -2.34. The maximum absolute atomic E-state index is 12.2. The Labute approximate surface area is 155 Å². The monoisotopic (exact) mass is 371 g/mol. The molecular weight excluding hydrogens is 338 g/mol. The van der Waals surface area contributed by atoms with E-state index in [4.69, 9.17) is 5.11 Å². The van der Waals surface area contributed by atoms with Crippen LogP contribution in [0.2, 0.25) is 0 Å². The Bertz CT molecular complexity index is 428. The zero-order valence-corrected chi connectivity index (χ0v) is 16.2. The molecule has 5 nitrogen and oxygen atoms in total. The van der Waals surface area contributed by atoms with Crippen LogP contribution in [0.5, 0.6) is 0 Å². The Hall–Kier alpha value is -1.01. The van der Waals surface area contributed by atoms with E-state index >= 15 is 0 Å². The summed E-state index contributed by atoms with van der Waals surface area (Å²) in [7, 11) is 0. The number of carboxylic acids is 1. The van der Waals surface area contributed by atoms with E-state index in [9.17, 15) is 14.7 Å². The fraction of sp³-hybridized carbons (Fsp3) is 0.789. The zero-order chi connectivity index (χ0) is 18.5. The quantitative estimate of drug-likeness (QED) is 0.383. The predicted molar refractivity (Wildman–Crippen MR) is 103 cm³/mol. The largest absolute Gasteiger partial charge is 0.481 e. The van der Waals surface area contributed by atoms with Crippen LogP contribution in [0.15, 0.2) is 12.2 Å². The summed E-state index contributed by atoms with van der Waals surface area (Å²) in [5.74, 6) is 0.369. The second-order valence-corrected chi connectivity index (χ2v) is 7.75. The lowest BCUT2D eigenvalue weighted by molar-refractivity contribution is -0.135. The third-order valence-corrected chi connectivity index (χ3v) is 5.46. The van der Waals surface area contributed by atoms with Gasteiger partial charge in [-0.25, -0.2) is 0 Å². The number of carboxylic acid groups (broad SMARTS) is 1. The van der Waals surface area contributed by atoms with Crippen molar-refractivity contribution >= 4 is 23.6 Å². The first-order valence-electron chi connectivity index (χ1n) is 9.50. The molecule has 0 bridgehead atoms. The molecule has 1 unspecified atom stereocenters. The molecule has 0 aromatic carbocycles. The van der Waals surface area contributed by atoms with E-state index in [0.717, 1.165) is 57.1 Å². The lowest BCUT2D eigenvalue weighted by Crippen LogP contribution is -2.43. The Morgan fingerprint density at radius 1 is 1.36 bits per heavy atom. The second kappa shape index (κ2) is 13.2. The van der Waals surface area contributed by atoms with Gasteiger partial charge in [-0.15, -0.1) is 0 Å². The number of piperidine rings is 1. The van der Waals surface area contributed by atoms with E-state index in [1.807, 2.05) is 17.1 Å². The number of likely N-dealkylation sites (tertiary alicyclic amines) is 1. The fourth-order valence-corrected chi connectivity index (χ4v) is 3.77. The van der Waals surface area contributed by atoms with Gasteiger partial charge in [-0.1, -0.05) is 38.3 Å². The molecule has 0 radical (unpaired) electrons. The summed E-state index contributed by atoms with van der Waals surface area (Å²) in [5.41, 5.74) is 0. The average Bonchev–Trinajstić information content (AvgIpc) is 2.57. The minimum Gasteiger partial charge on any atom is -0.481 e. The van der Waals surface area contributed by atoms with Crippen molar-refractivity contribution in [3.05, 3.63) is 12.2 Å². The molecule has 1 saturated heterocycles. The van der Waals surface area contributed by atoms with E-state index in [0.29, 0.717) is 13.0 Å². The highest BCUT2D eigenvalue weighted by atomic mass is 32.2. The van der Waals surface area contributed by atoms with Gasteiger partial charge in [0, 0.05) is 13.0 Å². The van der Waals surface area contributed by atoms with Gasteiger partial charge in [-0.05, 0) is 37.9 Å². The molecule has 0 spiro atoms. The highest BCUT2D eigenvalue weighted by molar-refractivity contribution is 7.99. The maximum Gasteiger partial charge on any atom is 0.313 e. The summed E-state index contributed by atoms with van der Waals surface area (Å²) in [6.45, 7) is 2.86. The van der Waals surface area contributed by atoms with Gasteiger partial charge in [0.2, 0.25) is 5.91 Å². The summed E-state index contributed by atoms with van der Waals surface area (Å²) >= 11 is 1.42. The number of aliphatic hydroxyl groups excluding tert-OH is 1. The van der Waals surface area contributed by atoms with Crippen molar-refractivity contribution in [2.24, 2.45) is 0 Å². The zero-order valence-electron chi connectivity index (χ0n) is 15.4.